The summed E-state index contributed by atoms with van der Waals surface area (Å²) in [4.78, 5) is 2.35. The van der Waals surface area contributed by atoms with Gasteiger partial charge in [0.05, 0.1) is 12.3 Å². The minimum Gasteiger partial charge on any atom is -0.395 e. The van der Waals surface area contributed by atoms with Crippen molar-refractivity contribution in [3.63, 3.8) is 0 Å². The molecule has 1 saturated heterocycles. The van der Waals surface area contributed by atoms with E-state index in [0.29, 0.717) is 6.04 Å². The second-order valence-corrected chi connectivity index (χ2v) is 4.09. The highest BCUT2D eigenvalue weighted by molar-refractivity contribution is 5.01. The van der Waals surface area contributed by atoms with E-state index < -0.39 is 0 Å². The van der Waals surface area contributed by atoms with Crippen LogP contribution in [0.3, 0.4) is 0 Å². The van der Waals surface area contributed by atoms with Crippen molar-refractivity contribution in [3.05, 3.63) is 18.0 Å². The van der Waals surface area contributed by atoms with Gasteiger partial charge in [0.2, 0.25) is 0 Å². The van der Waals surface area contributed by atoms with Gasteiger partial charge in [-0.1, -0.05) is 0 Å². The van der Waals surface area contributed by atoms with Gasteiger partial charge in [-0.05, 0) is 32.4 Å². The van der Waals surface area contributed by atoms with Crippen molar-refractivity contribution in [3.8, 4) is 0 Å². The molecule has 1 atom stereocenters. The molecule has 0 radical (unpaired) electrons. The zero-order chi connectivity index (χ0) is 10.7. The molecule has 0 amide bonds. The molecule has 1 aromatic rings. The van der Waals surface area contributed by atoms with Crippen LogP contribution in [0.4, 0.5) is 0 Å². The molecule has 0 aliphatic carbocycles. The molecule has 84 valence electrons. The average molecular weight is 209 g/mol. The van der Waals surface area contributed by atoms with Crippen LogP contribution in [0.1, 0.15) is 25.5 Å². The molecule has 0 spiro atoms. The molecule has 15 heavy (non-hydrogen) atoms. The Morgan fingerprint density at radius 1 is 1.60 bits per heavy atom. The summed E-state index contributed by atoms with van der Waals surface area (Å²) in [7, 11) is 0. The van der Waals surface area contributed by atoms with Gasteiger partial charge in [-0.15, -0.1) is 0 Å². The Bertz CT molecular complexity index is 311. The van der Waals surface area contributed by atoms with Crippen molar-refractivity contribution in [2.45, 2.75) is 38.9 Å². The number of aryl methyl sites for hydroxylation is 1. The van der Waals surface area contributed by atoms with Crippen LogP contribution in [-0.2, 0) is 13.1 Å². The summed E-state index contributed by atoms with van der Waals surface area (Å²) in [6.45, 7) is 5.31. The molecule has 4 heteroatoms. The Morgan fingerprint density at radius 3 is 3.20 bits per heavy atom. The number of rotatable bonds is 4. The van der Waals surface area contributed by atoms with E-state index in [0.717, 1.165) is 26.1 Å². The highest BCUT2D eigenvalue weighted by Gasteiger charge is 2.24. The summed E-state index contributed by atoms with van der Waals surface area (Å²) >= 11 is 0. The summed E-state index contributed by atoms with van der Waals surface area (Å²) < 4.78 is 2.02. The zero-order valence-electron chi connectivity index (χ0n) is 9.26. The SMILES string of the molecule is CCn1nccc1CN1CCC[C@@H]1CO. The summed E-state index contributed by atoms with van der Waals surface area (Å²) in [5, 5.41) is 13.5. The third kappa shape index (κ3) is 2.21. The zero-order valence-corrected chi connectivity index (χ0v) is 9.26. The van der Waals surface area contributed by atoms with Crippen LogP contribution in [-0.4, -0.2) is 39.0 Å². The molecule has 1 aliphatic rings. The van der Waals surface area contributed by atoms with Crippen LogP contribution in [0.15, 0.2) is 12.3 Å². The summed E-state index contributed by atoms with van der Waals surface area (Å²) in [5.41, 5.74) is 1.25. The van der Waals surface area contributed by atoms with Crippen LogP contribution in [0.2, 0.25) is 0 Å². The first-order valence-corrected chi connectivity index (χ1v) is 5.70. The highest BCUT2D eigenvalue weighted by Crippen LogP contribution is 2.19. The lowest BCUT2D eigenvalue weighted by Crippen LogP contribution is -2.32. The van der Waals surface area contributed by atoms with Crippen LogP contribution >= 0.6 is 0 Å². The molecule has 1 aromatic heterocycles. The van der Waals surface area contributed by atoms with E-state index in [1.165, 1.54) is 12.1 Å². The van der Waals surface area contributed by atoms with Crippen LogP contribution < -0.4 is 0 Å². The first kappa shape index (κ1) is 10.6. The lowest BCUT2D eigenvalue weighted by atomic mass is 10.2. The van der Waals surface area contributed by atoms with Crippen molar-refractivity contribution in [2.75, 3.05) is 13.2 Å². The minimum atomic E-state index is 0.278. The quantitative estimate of drug-likeness (QED) is 0.799. The van der Waals surface area contributed by atoms with Gasteiger partial charge in [0.25, 0.3) is 0 Å². The van der Waals surface area contributed by atoms with Crippen LogP contribution in [0, 0.1) is 0 Å². The number of likely N-dealkylation sites (tertiary alicyclic amines) is 1. The lowest BCUT2D eigenvalue weighted by molar-refractivity contribution is 0.151. The van der Waals surface area contributed by atoms with Crippen molar-refractivity contribution < 1.29 is 5.11 Å². The number of nitrogens with zero attached hydrogens (tertiary/aromatic N) is 3. The van der Waals surface area contributed by atoms with E-state index in [1.54, 1.807) is 0 Å². The Hall–Kier alpha value is -0.870. The summed E-state index contributed by atoms with van der Waals surface area (Å²) in [6.07, 6.45) is 4.17. The monoisotopic (exact) mass is 209 g/mol. The van der Waals surface area contributed by atoms with Crippen molar-refractivity contribution in [1.82, 2.24) is 14.7 Å². The van der Waals surface area contributed by atoms with Crippen LogP contribution in [0.5, 0.6) is 0 Å². The van der Waals surface area contributed by atoms with Crippen LogP contribution in [0.25, 0.3) is 0 Å². The first-order chi connectivity index (χ1) is 7.35. The fourth-order valence-electron chi connectivity index (χ4n) is 2.30. The van der Waals surface area contributed by atoms with E-state index in [-0.39, 0.29) is 6.61 Å². The Labute approximate surface area is 90.5 Å². The highest BCUT2D eigenvalue weighted by atomic mass is 16.3. The first-order valence-electron chi connectivity index (χ1n) is 5.70. The minimum absolute atomic E-state index is 0.278. The lowest BCUT2D eigenvalue weighted by Gasteiger charge is -2.22. The topological polar surface area (TPSA) is 41.3 Å². The third-order valence-corrected chi connectivity index (χ3v) is 3.18. The predicted octanol–water partition coefficient (Wildman–Crippen LogP) is 0.860. The molecule has 0 bridgehead atoms. The number of hydrogen-bond donors (Lipinski definition) is 1. The number of aliphatic hydroxyl groups excluding tert-OH is 1. The van der Waals surface area contributed by atoms with Gasteiger partial charge in [0, 0.05) is 25.3 Å². The standard InChI is InChI=1S/C11H19N3O/c1-2-14-10(5-6-12-14)8-13-7-3-4-11(13)9-15/h5-6,11,15H,2-4,7-9H2,1H3/t11-/m1/s1. The van der Waals surface area contributed by atoms with Gasteiger partial charge in [-0.3, -0.25) is 9.58 Å². The van der Waals surface area contributed by atoms with Gasteiger partial charge >= 0.3 is 0 Å². The molecule has 0 aromatic carbocycles. The number of aromatic nitrogens is 2. The molecular formula is C11H19N3O. The predicted molar refractivity (Wildman–Crippen MR) is 58.4 cm³/mol. The summed E-state index contributed by atoms with van der Waals surface area (Å²) in [6, 6.07) is 2.42. The largest absolute Gasteiger partial charge is 0.395 e. The molecular weight excluding hydrogens is 190 g/mol. The van der Waals surface area contributed by atoms with Gasteiger partial charge in [0.15, 0.2) is 0 Å². The maximum absolute atomic E-state index is 9.23. The van der Waals surface area contributed by atoms with Crippen molar-refractivity contribution in [1.29, 1.82) is 0 Å². The number of aliphatic hydroxyl groups is 1. The second kappa shape index (κ2) is 4.77. The molecule has 1 fully saturated rings. The number of hydrogen-bond acceptors (Lipinski definition) is 3. The fraction of sp³-hybridized carbons (Fsp3) is 0.727. The smallest absolute Gasteiger partial charge is 0.0587 e. The molecule has 1 N–H and O–H groups in total. The van der Waals surface area contributed by atoms with E-state index in [1.807, 2.05) is 10.9 Å². The Balaban J connectivity index is 2.01. The molecule has 2 rings (SSSR count). The van der Waals surface area contributed by atoms with E-state index >= 15 is 0 Å². The third-order valence-electron chi connectivity index (χ3n) is 3.18. The maximum atomic E-state index is 9.23. The summed E-state index contributed by atoms with van der Waals surface area (Å²) in [5.74, 6) is 0. The Kier molecular flexibility index (Phi) is 3.38. The Morgan fingerprint density at radius 2 is 2.47 bits per heavy atom. The van der Waals surface area contributed by atoms with Gasteiger partial charge in [-0.25, -0.2) is 0 Å². The fourth-order valence-corrected chi connectivity index (χ4v) is 2.30. The van der Waals surface area contributed by atoms with E-state index in [2.05, 4.69) is 23.0 Å². The van der Waals surface area contributed by atoms with Gasteiger partial charge < -0.3 is 5.11 Å². The van der Waals surface area contributed by atoms with Crippen molar-refractivity contribution in [2.24, 2.45) is 0 Å². The van der Waals surface area contributed by atoms with Gasteiger partial charge in [0.1, 0.15) is 0 Å². The second-order valence-electron chi connectivity index (χ2n) is 4.09. The average Bonchev–Trinajstić information content (AvgIpc) is 2.87. The maximum Gasteiger partial charge on any atom is 0.0587 e. The molecule has 4 nitrogen and oxygen atoms in total. The van der Waals surface area contributed by atoms with Crippen molar-refractivity contribution >= 4 is 0 Å². The molecule has 0 saturated carbocycles. The normalized spacial score (nSPS) is 22.4. The molecule has 2 heterocycles. The van der Waals surface area contributed by atoms with E-state index in [9.17, 15) is 5.11 Å². The molecule has 0 unspecified atom stereocenters. The molecule has 1 aliphatic heterocycles. The van der Waals surface area contributed by atoms with Gasteiger partial charge in [-0.2, -0.15) is 5.10 Å². The van der Waals surface area contributed by atoms with E-state index in [4.69, 9.17) is 0 Å².